The van der Waals surface area contributed by atoms with Gasteiger partial charge in [0, 0.05) is 12.3 Å². The molecule has 2 nitrogen and oxygen atoms in total. The zero-order valence-corrected chi connectivity index (χ0v) is 13.2. The summed E-state index contributed by atoms with van der Waals surface area (Å²) in [6.45, 7) is 5.79. The molecule has 0 heterocycles. The van der Waals surface area contributed by atoms with Crippen molar-refractivity contribution in [2.24, 2.45) is 5.92 Å². The van der Waals surface area contributed by atoms with Gasteiger partial charge in [-0.25, -0.2) is 0 Å². The van der Waals surface area contributed by atoms with Gasteiger partial charge in [-0.2, -0.15) is 0 Å². The highest BCUT2D eigenvalue weighted by molar-refractivity contribution is 5.58. The molecule has 0 saturated heterocycles. The predicted octanol–water partition coefficient (Wildman–Crippen LogP) is 5.26. The number of carbonyl (C=O) groups excluding carboxylic acids is 2. The third-order valence-electron chi connectivity index (χ3n) is 3.88. The lowest BCUT2D eigenvalue weighted by Gasteiger charge is -2.09. The number of unbranched alkanes of at least 4 members (excludes halogenated alkanes) is 10. The topological polar surface area (TPSA) is 34.1 Å². The van der Waals surface area contributed by atoms with Crippen molar-refractivity contribution >= 4 is 12.6 Å². The molecular weight excluding hydrogens is 248 g/mol. The van der Waals surface area contributed by atoms with E-state index in [4.69, 9.17) is 0 Å². The van der Waals surface area contributed by atoms with Gasteiger partial charge in [-0.1, -0.05) is 69.9 Å². The average molecular weight is 280 g/mol. The normalized spacial score (nSPS) is 12.1. The van der Waals surface area contributed by atoms with Gasteiger partial charge in [-0.15, -0.1) is 0 Å². The SMILES string of the molecule is C=C(C)C(C=O)CCCCCCCCCCCCC=O. The molecule has 0 aromatic carbocycles. The smallest absolute Gasteiger partial charge is 0.127 e. The van der Waals surface area contributed by atoms with Crippen LogP contribution in [0.25, 0.3) is 0 Å². The van der Waals surface area contributed by atoms with Crippen molar-refractivity contribution in [3.63, 3.8) is 0 Å². The largest absolute Gasteiger partial charge is 0.303 e. The first-order chi connectivity index (χ1) is 9.72. The van der Waals surface area contributed by atoms with Crippen molar-refractivity contribution in [1.29, 1.82) is 0 Å². The summed E-state index contributed by atoms with van der Waals surface area (Å²) in [5.74, 6) is 0.0707. The van der Waals surface area contributed by atoms with Crippen LogP contribution in [-0.2, 0) is 9.59 Å². The second-order valence-electron chi connectivity index (χ2n) is 5.87. The van der Waals surface area contributed by atoms with Crippen molar-refractivity contribution in [2.45, 2.75) is 84.0 Å². The monoisotopic (exact) mass is 280 g/mol. The summed E-state index contributed by atoms with van der Waals surface area (Å²) < 4.78 is 0. The minimum atomic E-state index is 0.0707. The first kappa shape index (κ1) is 19.1. The molecular formula is C18H32O2. The van der Waals surface area contributed by atoms with E-state index >= 15 is 0 Å². The summed E-state index contributed by atoms with van der Waals surface area (Å²) in [5, 5.41) is 0. The molecule has 0 saturated carbocycles. The number of allylic oxidation sites excluding steroid dienone is 1. The molecule has 2 heteroatoms. The number of carbonyl (C=O) groups is 2. The Morgan fingerprint density at radius 3 is 1.70 bits per heavy atom. The van der Waals surface area contributed by atoms with Gasteiger partial charge in [0.1, 0.15) is 12.6 Å². The Labute approximate surface area is 125 Å². The Kier molecular flexibility index (Phi) is 13.8. The van der Waals surface area contributed by atoms with Crippen molar-refractivity contribution in [1.82, 2.24) is 0 Å². The Hall–Kier alpha value is -0.920. The third kappa shape index (κ3) is 12.1. The van der Waals surface area contributed by atoms with Crippen LogP contribution in [0.15, 0.2) is 12.2 Å². The van der Waals surface area contributed by atoms with Crippen LogP contribution >= 0.6 is 0 Å². The van der Waals surface area contributed by atoms with E-state index in [1.165, 1.54) is 51.4 Å². The van der Waals surface area contributed by atoms with E-state index in [0.29, 0.717) is 0 Å². The number of rotatable bonds is 15. The first-order valence-electron chi connectivity index (χ1n) is 8.26. The zero-order valence-electron chi connectivity index (χ0n) is 13.2. The second kappa shape index (κ2) is 14.5. The highest BCUT2D eigenvalue weighted by atomic mass is 16.1. The van der Waals surface area contributed by atoms with Gasteiger partial charge in [0.25, 0.3) is 0 Å². The Morgan fingerprint density at radius 1 is 0.850 bits per heavy atom. The molecule has 0 aliphatic carbocycles. The molecule has 0 aromatic heterocycles. The molecule has 1 atom stereocenters. The number of hydrogen-bond acceptors (Lipinski definition) is 2. The van der Waals surface area contributed by atoms with Crippen LogP contribution in [0.4, 0.5) is 0 Å². The van der Waals surface area contributed by atoms with E-state index in [2.05, 4.69) is 6.58 Å². The Balaban J connectivity index is 3.18. The maximum atomic E-state index is 10.8. The standard InChI is InChI=1S/C18H32O2/c1-17(2)18(16-20)14-12-10-8-6-4-3-5-7-9-11-13-15-19/h15-16,18H,1,3-14H2,2H3. The minimum Gasteiger partial charge on any atom is -0.303 e. The van der Waals surface area contributed by atoms with Crippen molar-refractivity contribution in [3.05, 3.63) is 12.2 Å². The zero-order chi connectivity index (χ0) is 15.1. The summed E-state index contributed by atoms with van der Waals surface area (Å²) >= 11 is 0. The van der Waals surface area contributed by atoms with Gasteiger partial charge < -0.3 is 9.59 Å². The lowest BCUT2D eigenvalue weighted by atomic mass is 9.96. The number of hydrogen-bond donors (Lipinski definition) is 0. The van der Waals surface area contributed by atoms with E-state index in [1.54, 1.807) is 0 Å². The van der Waals surface area contributed by atoms with E-state index in [0.717, 1.165) is 43.8 Å². The molecule has 0 aliphatic heterocycles. The van der Waals surface area contributed by atoms with Crippen LogP contribution in [0.5, 0.6) is 0 Å². The lowest BCUT2D eigenvalue weighted by molar-refractivity contribution is -0.110. The fourth-order valence-electron chi connectivity index (χ4n) is 2.44. The minimum absolute atomic E-state index is 0.0707. The molecule has 20 heavy (non-hydrogen) atoms. The first-order valence-corrected chi connectivity index (χ1v) is 8.26. The highest BCUT2D eigenvalue weighted by Crippen LogP contribution is 2.16. The lowest BCUT2D eigenvalue weighted by Crippen LogP contribution is -2.02. The summed E-state index contributed by atoms with van der Waals surface area (Å²) in [5.41, 5.74) is 0.995. The highest BCUT2D eigenvalue weighted by Gasteiger charge is 2.06. The maximum absolute atomic E-state index is 10.8. The van der Waals surface area contributed by atoms with E-state index in [1.807, 2.05) is 6.92 Å². The van der Waals surface area contributed by atoms with Crippen molar-refractivity contribution in [3.8, 4) is 0 Å². The predicted molar refractivity (Wildman–Crippen MR) is 85.8 cm³/mol. The molecule has 1 unspecified atom stereocenters. The van der Waals surface area contributed by atoms with Crippen LogP contribution in [0.3, 0.4) is 0 Å². The fourth-order valence-corrected chi connectivity index (χ4v) is 2.44. The summed E-state index contributed by atoms with van der Waals surface area (Å²) in [4.78, 5) is 20.9. The van der Waals surface area contributed by atoms with E-state index < -0.39 is 0 Å². The van der Waals surface area contributed by atoms with Gasteiger partial charge in [-0.3, -0.25) is 0 Å². The van der Waals surface area contributed by atoms with Gasteiger partial charge in [0.2, 0.25) is 0 Å². The summed E-state index contributed by atoms with van der Waals surface area (Å²) in [6.07, 6.45) is 16.2. The molecule has 0 amide bonds. The van der Waals surface area contributed by atoms with Crippen molar-refractivity contribution < 1.29 is 9.59 Å². The second-order valence-corrected chi connectivity index (χ2v) is 5.87. The van der Waals surface area contributed by atoms with Crippen LogP contribution < -0.4 is 0 Å². The van der Waals surface area contributed by atoms with Gasteiger partial charge in [-0.05, 0) is 19.8 Å². The molecule has 0 bridgehead atoms. The molecule has 0 spiro atoms. The molecule has 0 rings (SSSR count). The van der Waals surface area contributed by atoms with Gasteiger partial charge in [0.05, 0.1) is 0 Å². The van der Waals surface area contributed by atoms with Gasteiger partial charge in [0.15, 0.2) is 0 Å². The summed E-state index contributed by atoms with van der Waals surface area (Å²) in [7, 11) is 0. The summed E-state index contributed by atoms with van der Waals surface area (Å²) in [6, 6.07) is 0. The third-order valence-corrected chi connectivity index (χ3v) is 3.88. The van der Waals surface area contributed by atoms with Crippen LogP contribution in [-0.4, -0.2) is 12.6 Å². The molecule has 0 radical (unpaired) electrons. The van der Waals surface area contributed by atoms with Gasteiger partial charge >= 0.3 is 0 Å². The molecule has 0 aromatic rings. The van der Waals surface area contributed by atoms with E-state index in [9.17, 15) is 9.59 Å². The van der Waals surface area contributed by atoms with Crippen LogP contribution in [0, 0.1) is 5.92 Å². The Morgan fingerprint density at radius 2 is 1.30 bits per heavy atom. The quantitative estimate of drug-likeness (QED) is 0.233. The number of aldehydes is 2. The van der Waals surface area contributed by atoms with Crippen LogP contribution in [0.1, 0.15) is 84.0 Å². The maximum Gasteiger partial charge on any atom is 0.127 e. The molecule has 0 aliphatic rings. The molecule has 0 N–H and O–H groups in total. The molecule has 116 valence electrons. The Bertz CT molecular complexity index is 258. The van der Waals surface area contributed by atoms with E-state index in [-0.39, 0.29) is 5.92 Å². The molecule has 0 fully saturated rings. The van der Waals surface area contributed by atoms with Crippen LogP contribution in [0.2, 0.25) is 0 Å². The fraction of sp³-hybridized carbons (Fsp3) is 0.778. The average Bonchev–Trinajstić information content (AvgIpc) is 2.43. The van der Waals surface area contributed by atoms with Crippen molar-refractivity contribution in [2.75, 3.05) is 0 Å².